The van der Waals surface area contributed by atoms with Crippen LogP contribution in [0.2, 0.25) is 0 Å². The molecule has 7 heterocycles. The van der Waals surface area contributed by atoms with Crippen molar-refractivity contribution in [1.29, 1.82) is 0 Å². The minimum absolute atomic E-state index is 0.907. The average Bonchev–Trinajstić information content (AvgIpc) is 1.72. The van der Waals surface area contributed by atoms with Crippen molar-refractivity contribution in [3.05, 3.63) is 374 Å². The van der Waals surface area contributed by atoms with Crippen molar-refractivity contribution in [2.75, 3.05) is 0 Å². The summed E-state index contributed by atoms with van der Waals surface area (Å²) in [6, 6.07) is 119. The lowest BCUT2D eigenvalue weighted by molar-refractivity contribution is 0.669. The van der Waals surface area contributed by atoms with E-state index in [1.807, 2.05) is 98.2 Å². The summed E-state index contributed by atoms with van der Waals surface area (Å²) in [7, 11) is 2.15. The second-order valence-corrected chi connectivity index (χ2v) is 28.1. The number of hydrogen-bond acceptors (Lipinski definition) is 6. The summed E-state index contributed by atoms with van der Waals surface area (Å²) >= 11 is 1.89. The molecule has 0 aliphatic carbocycles. The zero-order valence-electron chi connectivity index (χ0n) is 59.5. The predicted molar refractivity (Wildman–Crippen MR) is 448 cm³/mol. The number of hydrogen-bond donors (Lipinski definition) is 0. The molecule has 0 saturated heterocycles. The fraction of sp³-hybridized carbons (Fsp3) is 0.0505. The number of furan rings is 3. The number of benzene rings is 14. The third-order valence-electron chi connectivity index (χ3n) is 20.0. The van der Waals surface area contributed by atoms with Crippen molar-refractivity contribution < 1.29 is 13.3 Å². The minimum atomic E-state index is 0.907. The van der Waals surface area contributed by atoms with Crippen molar-refractivity contribution in [1.82, 2.24) is 14.5 Å². The van der Waals surface area contributed by atoms with Crippen molar-refractivity contribution >= 4 is 119 Å². The first-order chi connectivity index (χ1) is 52.1. The van der Waals surface area contributed by atoms with Gasteiger partial charge in [-0.3, -0.25) is 9.97 Å². The summed E-state index contributed by atoms with van der Waals surface area (Å²) in [5, 5.41) is 12.3. The van der Waals surface area contributed by atoms with Gasteiger partial charge in [0.1, 0.15) is 33.5 Å². The summed E-state index contributed by atoms with van der Waals surface area (Å²) in [6.45, 7) is 8.26. The number of para-hydroxylation sites is 6. The van der Waals surface area contributed by atoms with Gasteiger partial charge in [0.25, 0.3) is 0 Å². The summed E-state index contributed by atoms with van der Waals surface area (Å²) in [6.07, 6.45) is 3.79. The van der Waals surface area contributed by atoms with Crippen LogP contribution in [0.25, 0.3) is 175 Å². The highest BCUT2D eigenvalue weighted by atomic mass is 32.1. The van der Waals surface area contributed by atoms with Crippen LogP contribution in [0.5, 0.6) is 0 Å². The number of fused-ring (bicyclic) bond motifs is 15. The third kappa shape index (κ3) is 13.1. The smallest absolute Gasteiger partial charge is 0.144 e. The fourth-order valence-electron chi connectivity index (χ4n) is 14.4. The van der Waals surface area contributed by atoms with Crippen molar-refractivity contribution in [2.24, 2.45) is 7.05 Å². The van der Waals surface area contributed by atoms with Crippen molar-refractivity contribution in [3.8, 4) is 66.9 Å². The Kier molecular flexibility index (Phi) is 18.0. The molecule has 7 heteroatoms. The van der Waals surface area contributed by atoms with E-state index in [2.05, 4.69) is 314 Å². The van der Waals surface area contributed by atoms with Crippen LogP contribution < -0.4 is 0 Å². The number of pyridine rings is 2. The first-order valence-corrected chi connectivity index (χ1v) is 36.7. The van der Waals surface area contributed by atoms with Crippen LogP contribution in [0.1, 0.15) is 22.4 Å². The molecule has 0 amide bonds. The molecular formula is C99H73N3O3S. The molecule has 7 aromatic heterocycles. The Balaban J connectivity index is 0.0000000979. The van der Waals surface area contributed by atoms with Crippen molar-refractivity contribution in [2.45, 2.75) is 27.7 Å². The Morgan fingerprint density at radius 2 is 0.660 bits per heavy atom. The van der Waals surface area contributed by atoms with Gasteiger partial charge in [0, 0.05) is 122 Å². The van der Waals surface area contributed by atoms with E-state index in [0.717, 1.165) is 94.2 Å². The molecule has 0 atom stereocenters. The van der Waals surface area contributed by atoms with E-state index in [0.29, 0.717) is 0 Å². The van der Waals surface area contributed by atoms with Gasteiger partial charge in [-0.15, -0.1) is 11.3 Å². The molecule has 0 aliphatic heterocycles. The van der Waals surface area contributed by atoms with Gasteiger partial charge in [-0.1, -0.05) is 284 Å². The summed E-state index contributed by atoms with van der Waals surface area (Å²) < 4.78 is 23.2. The van der Waals surface area contributed by atoms with E-state index >= 15 is 0 Å². The molecule has 6 nitrogen and oxygen atoms in total. The van der Waals surface area contributed by atoms with Gasteiger partial charge in [-0.25, -0.2) is 0 Å². The number of aryl methyl sites for hydroxylation is 5. The molecule has 21 rings (SSSR count). The number of thiophene rings is 1. The maximum absolute atomic E-state index is 6.07. The maximum atomic E-state index is 6.07. The monoisotopic (exact) mass is 1380 g/mol. The number of nitrogens with zero attached hydrogens (tertiary/aromatic N) is 3. The molecule has 0 aliphatic rings. The highest BCUT2D eigenvalue weighted by Crippen LogP contribution is 2.42. The largest absolute Gasteiger partial charge is 0.455 e. The lowest BCUT2D eigenvalue weighted by atomic mass is 10.0. The lowest BCUT2D eigenvalue weighted by Crippen LogP contribution is -1.86. The van der Waals surface area contributed by atoms with E-state index < -0.39 is 0 Å². The van der Waals surface area contributed by atoms with E-state index in [1.165, 1.54) is 103 Å². The molecule has 0 unspecified atom stereocenters. The van der Waals surface area contributed by atoms with Gasteiger partial charge >= 0.3 is 0 Å². The summed E-state index contributed by atoms with van der Waals surface area (Å²) in [4.78, 5) is 8.88. The van der Waals surface area contributed by atoms with E-state index in [1.54, 1.807) is 0 Å². The Morgan fingerprint density at radius 1 is 0.264 bits per heavy atom. The molecule has 0 bridgehead atoms. The molecule has 0 saturated carbocycles. The zero-order chi connectivity index (χ0) is 71.6. The number of rotatable bonds is 6. The normalized spacial score (nSPS) is 11.3. The lowest BCUT2D eigenvalue weighted by Gasteiger charge is -2.04. The predicted octanol–water partition coefficient (Wildman–Crippen LogP) is 28.2. The van der Waals surface area contributed by atoms with Gasteiger partial charge in [0.15, 0.2) is 0 Å². The highest BCUT2D eigenvalue weighted by Gasteiger charge is 2.17. The SMILES string of the molecule is Cc1ccc(-c2cccc3c2oc2ccccc23)cc1.Cc1ccc(-c2cccc3c2oc2ccccc23)cn1.Cc1ccc(-c2cccc3c2oc2ccccc23)nc1.Cc1ccc(-c2cccc3c2sc2ccccc23)cc1.Cn1c2ccc(-c3ccccc3)cc2c2cc(-c3ccccc3)ccc21. The molecule has 14 aromatic carbocycles. The summed E-state index contributed by atoms with van der Waals surface area (Å²) in [5.41, 5.74) is 27.1. The van der Waals surface area contributed by atoms with Crippen LogP contribution in [0.15, 0.2) is 365 Å². The molecule has 0 fully saturated rings. The summed E-state index contributed by atoms with van der Waals surface area (Å²) in [5.74, 6) is 0. The number of aromatic nitrogens is 3. The molecular weight excluding hydrogens is 1310 g/mol. The Morgan fingerprint density at radius 3 is 1.15 bits per heavy atom. The van der Waals surface area contributed by atoms with Gasteiger partial charge in [-0.2, -0.15) is 0 Å². The molecule has 21 aromatic rings. The van der Waals surface area contributed by atoms with Crippen LogP contribution in [0.3, 0.4) is 0 Å². The van der Waals surface area contributed by atoms with Crippen LogP contribution in [-0.4, -0.2) is 14.5 Å². The van der Waals surface area contributed by atoms with E-state index in [9.17, 15) is 0 Å². The average molecular weight is 1380 g/mol. The second kappa shape index (κ2) is 28.9. The molecule has 106 heavy (non-hydrogen) atoms. The van der Waals surface area contributed by atoms with Crippen LogP contribution in [-0.2, 0) is 7.05 Å². The van der Waals surface area contributed by atoms with Crippen molar-refractivity contribution in [3.63, 3.8) is 0 Å². The minimum Gasteiger partial charge on any atom is -0.455 e. The highest BCUT2D eigenvalue weighted by molar-refractivity contribution is 7.26. The van der Waals surface area contributed by atoms with Gasteiger partial charge < -0.3 is 17.8 Å². The fourth-order valence-corrected chi connectivity index (χ4v) is 15.7. The van der Waals surface area contributed by atoms with Gasteiger partial charge in [-0.05, 0) is 139 Å². The second-order valence-electron chi connectivity index (χ2n) is 27.0. The van der Waals surface area contributed by atoms with Crippen LogP contribution in [0, 0.1) is 27.7 Å². The molecule has 0 radical (unpaired) electrons. The van der Waals surface area contributed by atoms with Crippen LogP contribution >= 0.6 is 11.3 Å². The Hall–Kier alpha value is -13.2. The van der Waals surface area contributed by atoms with Crippen LogP contribution in [0.4, 0.5) is 0 Å². The molecule has 0 spiro atoms. The van der Waals surface area contributed by atoms with Gasteiger partial charge in [0.05, 0.1) is 5.69 Å². The molecule has 508 valence electrons. The van der Waals surface area contributed by atoms with E-state index in [4.69, 9.17) is 13.3 Å². The maximum Gasteiger partial charge on any atom is 0.144 e. The quantitative estimate of drug-likeness (QED) is 0.166. The Labute approximate surface area is 619 Å². The standard InChI is InChI=1S/C25H19N.C19H14O.C19H14S.2C18H13NO/c1-26-24-14-12-20(18-8-4-2-5-9-18)16-22(24)23-17-21(13-15-25(23)26)19-10-6-3-7-11-19;2*1-13-9-11-14(12-10-13)15-6-4-7-17-16-5-2-3-8-18(16)20-19(15)17;1-12-9-10-13(11-19-12)14-6-4-7-16-15-5-2-3-8-17(15)20-18(14)16;1-12-9-10-16(19-11-12)15-7-4-6-14-13-5-2-3-8-17(13)20-18(14)15/h2-17H,1H3;2*2-12H,1H3;2*2-11H,1H3. The topological polar surface area (TPSA) is 70.1 Å². The zero-order valence-corrected chi connectivity index (χ0v) is 60.3. The molecule has 0 N–H and O–H groups in total. The Bertz CT molecular complexity index is 6000. The van der Waals surface area contributed by atoms with E-state index in [-0.39, 0.29) is 0 Å². The third-order valence-corrected chi connectivity index (χ3v) is 21.2. The first kappa shape index (κ1) is 66.1. The van der Waals surface area contributed by atoms with Gasteiger partial charge in [0.2, 0.25) is 0 Å². The first-order valence-electron chi connectivity index (χ1n) is 35.9.